The summed E-state index contributed by atoms with van der Waals surface area (Å²) >= 11 is 0. The van der Waals surface area contributed by atoms with Gasteiger partial charge in [-0.25, -0.2) is 13.2 Å². The van der Waals surface area contributed by atoms with Crippen molar-refractivity contribution < 1.29 is 22.8 Å². The Morgan fingerprint density at radius 1 is 1.33 bits per heavy atom. The van der Waals surface area contributed by atoms with E-state index in [1.54, 1.807) is 6.92 Å². The summed E-state index contributed by atoms with van der Waals surface area (Å²) in [6, 6.07) is -0.167. The van der Waals surface area contributed by atoms with E-state index in [4.69, 9.17) is 5.73 Å². The van der Waals surface area contributed by atoms with E-state index >= 15 is 0 Å². The van der Waals surface area contributed by atoms with Gasteiger partial charge in [0, 0.05) is 31.6 Å². The Bertz CT molecular complexity index is 639. The molecule has 1 aliphatic rings. The number of carbonyl (C=O) groups excluding carboxylic acids is 2. The van der Waals surface area contributed by atoms with Gasteiger partial charge in [-0.05, 0) is 31.4 Å². The van der Waals surface area contributed by atoms with Gasteiger partial charge >= 0.3 is 0 Å². The third kappa shape index (κ3) is 4.25. The number of carbonyl (C=O) groups is 2. The van der Waals surface area contributed by atoms with Gasteiger partial charge in [0.2, 0.25) is 11.8 Å². The van der Waals surface area contributed by atoms with Crippen molar-refractivity contribution in [2.24, 2.45) is 5.73 Å². The van der Waals surface area contributed by atoms with Gasteiger partial charge in [-0.15, -0.1) is 0 Å². The predicted molar refractivity (Wildman–Crippen MR) is 81.4 cm³/mol. The Hall–Kier alpha value is -2.09. The molecule has 0 radical (unpaired) electrons. The number of amides is 2. The van der Waals surface area contributed by atoms with E-state index < -0.39 is 29.5 Å². The maximum atomic E-state index is 13.6. The Labute approximate surface area is 138 Å². The number of nitrogens with zero attached hydrogens (tertiary/aromatic N) is 1. The first-order valence-corrected chi connectivity index (χ1v) is 7.75. The molecule has 1 aromatic carbocycles. The fourth-order valence-corrected chi connectivity index (χ4v) is 2.70. The van der Waals surface area contributed by atoms with Crippen LogP contribution in [-0.4, -0.2) is 41.9 Å². The average molecular weight is 343 g/mol. The maximum Gasteiger partial charge on any atom is 0.242 e. The zero-order chi connectivity index (χ0) is 17.9. The second-order valence-electron chi connectivity index (χ2n) is 5.93. The van der Waals surface area contributed by atoms with Crippen LogP contribution < -0.4 is 11.1 Å². The molecule has 1 saturated heterocycles. The minimum Gasteiger partial charge on any atom is -0.354 e. The molecule has 24 heavy (non-hydrogen) atoms. The standard InChI is InChI=1S/C16H20F3N3O2/c1-9-16(24)21-3-2-4-22(9)15(23)7-11(20)5-10-6-13(18)14(19)8-12(10)17/h6,8-9,11H,2-5,7,20H2,1H3,(H,21,24)/t9-,11-/m1/s1. The zero-order valence-corrected chi connectivity index (χ0v) is 13.3. The first kappa shape index (κ1) is 18.3. The SMILES string of the molecule is C[C@@H]1C(=O)NCCCN1C(=O)C[C@H](N)Cc1cc(F)c(F)cc1F. The number of rotatable bonds is 4. The highest BCUT2D eigenvalue weighted by atomic mass is 19.2. The fraction of sp³-hybridized carbons (Fsp3) is 0.500. The third-order valence-electron chi connectivity index (χ3n) is 4.05. The molecule has 3 N–H and O–H groups in total. The van der Waals surface area contributed by atoms with Gasteiger partial charge in [-0.2, -0.15) is 0 Å². The fourth-order valence-electron chi connectivity index (χ4n) is 2.70. The minimum absolute atomic E-state index is 0.0872. The van der Waals surface area contributed by atoms with E-state index in [-0.39, 0.29) is 30.2 Å². The summed E-state index contributed by atoms with van der Waals surface area (Å²) in [5.74, 6) is -3.90. The molecule has 1 aromatic rings. The van der Waals surface area contributed by atoms with Crippen LogP contribution in [0.25, 0.3) is 0 Å². The van der Waals surface area contributed by atoms with Gasteiger partial charge in [0.15, 0.2) is 11.6 Å². The van der Waals surface area contributed by atoms with Crippen molar-refractivity contribution in [3.63, 3.8) is 0 Å². The Balaban J connectivity index is 2.01. The van der Waals surface area contributed by atoms with E-state index in [0.29, 0.717) is 25.6 Å². The van der Waals surface area contributed by atoms with Crippen LogP contribution in [0.15, 0.2) is 12.1 Å². The number of hydrogen-bond acceptors (Lipinski definition) is 3. The van der Waals surface area contributed by atoms with Crippen LogP contribution in [0.1, 0.15) is 25.3 Å². The first-order chi connectivity index (χ1) is 11.3. The number of hydrogen-bond donors (Lipinski definition) is 2. The highest BCUT2D eigenvalue weighted by Crippen LogP contribution is 2.16. The molecule has 1 aliphatic heterocycles. The van der Waals surface area contributed by atoms with Gasteiger partial charge in [0.25, 0.3) is 0 Å². The Morgan fingerprint density at radius 3 is 2.71 bits per heavy atom. The minimum atomic E-state index is -1.27. The molecule has 132 valence electrons. The van der Waals surface area contributed by atoms with Crippen LogP contribution in [0.4, 0.5) is 13.2 Å². The lowest BCUT2D eigenvalue weighted by Gasteiger charge is -2.26. The average Bonchev–Trinajstić information content (AvgIpc) is 2.67. The van der Waals surface area contributed by atoms with Crippen molar-refractivity contribution in [2.45, 2.75) is 38.3 Å². The van der Waals surface area contributed by atoms with Crippen molar-refractivity contribution >= 4 is 11.8 Å². The van der Waals surface area contributed by atoms with Crippen LogP contribution in [-0.2, 0) is 16.0 Å². The van der Waals surface area contributed by atoms with Gasteiger partial charge in [-0.3, -0.25) is 9.59 Å². The van der Waals surface area contributed by atoms with E-state index in [2.05, 4.69) is 5.32 Å². The molecule has 0 aliphatic carbocycles. The highest BCUT2D eigenvalue weighted by molar-refractivity contribution is 5.87. The molecule has 2 amide bonds. The van der Waals surface area contributed by atoms with Crippen LogP contribution in [0, 0.1) is 17.5 Å². The summed E-state index contributed by atoms with van der Waals surface area (Å²) < 4.78 is 39.8. The molecule has 0 spiro atoms. The molecule has 0 unspecified atom stereocenters. The van der Waals surface area contributed by atoms with Crippen molar-refractivity contribution in [3.05, 3.63) is 35.1 Å². The number of nitrogens with one attached hydrogen (secondary N) is 1. The van der Waals surface area contributed by atoms with E-state index in [9.17, 15) is 22.8 Å². The molecule has 8 heteroatoms. The summed E-state index contributed by atoms with van der Waals surface area (Å²) in [4.78, 5) is 25.5. The lowest BCUT2D eigenvalue weighted by atomic mass is 10.0. The van der Waals surface area contributed by atoms with Crippen molar-refractivity contribution in [1.82, 2.24) is 10.2 Å². The first-order valence-electron chi connectivity index (χ1n) is 7.75. The van der Waals surface area contributed by atoms with Crippen molar-refractivity contribution in [3.8, 4) is 0 Å². The van der Waals surface area contributed by atoms with Gasteiger partial charge in [0.05, 0.1) is 0 Å². The zero-order valence-electron chi connectivity index (χ0n) is 13.3. The van der Waals surface area contributed by atoms with Crippen LogP contribution >= 0.6 is 0 Å². The summed E-state index contributed by atoms with van der Waals surface area (Å²) in [6.45, 7) is 2.54. The van der Waals surface area contributed by atoms with Gasteiger partial charge in [0.1, 0.15) is 11.9 Å². The summed E-state index contributed by atoms with van der Waals surface area (Å²) in [6.07, 6.45) is 0.411. The molecule has 0 saturated carbocycles. The molecule has 1 fully saturated rings. The molecular weight excluding hydrogens is 323 g/mol. The summed E-state index contributed by atoms with van der Waals surface area (Å²) in [5.41, 5.74) is 5.77. The predicted octanol–water partition coefficient (Wildman–Crippen LogP) is 1.10. The molecular formula is C16H20F3N3O2. The maximum absolute atomic E-state index is 13.6. The second kappa shape index (κ2) is 7.65. The van der Waals surface area contributed by atoms with Gasteiger partial charge < -0.3 is 16.0 Å². The smallest absolute Gasteiger partial charge is 0.242 e. The van der Waals surface area contributed by atoms with E-state index in [0.717, 1.165) is 6.07 Å². The largest absolute Gasteiger partial charge is 0.354 e. The molecule has 5 nitrogen and oxygen atoms in total. The Kier molecular flexibility index (Phi) is 5.82. The number of benzene rings is 1. The van der Waals surface area contributed by atoms with Gasteiger partial charge in [-0.1, -0.05) is 0 Å². The monoisotopic (exact) mass is 343 g/mol. The summed E-state index contributed by atoms with van der Waals surface area (Å²) in [7, 11) is 0. The van der Waals surface area contributed by atoms with Crippen LogP contribution in [0.3, 0.4) is 0 Å². The number of halogens is 3. The molecule has 1 heterocycles. The highest BCUT2D eigenvalue weighted by Gasteiger charge is 2.28. The van der Waals surface area contributed by atoms with E-state index in [1.807, 2.05) is 0 Å². The third-order valence-corrected chi connectivity index (χ3v) is 4.05. The molecule has 2 atom stereocenters. The molecule has 0 aromatic heterocycles. The topological polar surface area (TPSA) is 75.4 Å². The number of nitrogens with two attached hydrogens (primary N) is 1. The normalized spacial score (nSPS) is 19.6. The van der Waals surface area contributed by atoms with Crippen molar-refractivity contribution in [2.75, 3.05) is 13.1 Å². The lowest BCUT2D eigenvalue weighted by molar-refractivity contribution is -0.139. The second-order valence-corrected chi connectivity index (χ2v) is 5.93. The van der Waals surface area contributed by atoms with E-state index in [1.165, 1.54) is 4.90 Å². The van der Waals surface area contributed by atoms with Crippen molar-refractivity contribution in [1.29, 1.82) is 0 Å². The summed E-state index contributed by atoms with van der Waals surface area (Å²) in [5, 5.41) is 2.70. The van der Waals surface area contributed by atoms with Crippen LogP contribution in [0.5, 0.6) is 0 Å². The molecule has 2 rings (SSSR count). The Morgan fingerprint density at radius 2 is 2.00 bits per heavy atom. The lowest BCUT2D eigenvalue weighted by Crippen LogP contribution is -2.46. The molecule has 0 bridgehead atoms. The quantitative estimate of drug-likeness (QED) is 0.804. The van der Waals surface area contributed by atoms with Crippen LogP contribution in [0.2, 0.25) is 0 Å².